The molecule has 2 N–H and O–H groups in total. The Kier molecular flexibility index (Phi) is 9.12. The molecule has 3 rings (SSSR count). The summed E-state index contributed by atoms with van der Waals surface area (Å²) in [6, 6.07) is 9.15. The molecule has 0 aliphatic carbocycles. The smallest absolute Gasteiger partial charge is 0.271 e. The summed E-state index contributed by atoms with van der Waals surface area (Å²) in [4.78, 5) is 46.5. The third kappa shape index (κ3) is 6.70. The van der Waals surface area contributed by atoms with Gasteiger partial charge >= 0.3 is 0 Å². The van der Waals surface area contributed by atoms with Crippen LogP contribution in [-0.4, -0.2) is 42.2 Å². The first-order valence-corrected chi connectivity index (χ1v) is 12.7. The van der Waals surface area contributed by atoms with E-state index in [1.807, 2.05) is 20.8 Å². The molecule has 13 nitrogen and oxygen atoms in total. The van der Waals surface area contributed by atoms with Crippen LogP contribution in [0.25, 0.3) is 0 Å². The number of thioether (sulfide) groups is 1. The van der Waals surface area contributed by atoms with E-state index in [2.05, 4.69) is 20.8 Å². The van der Waals surface area contributed by atoms with Gasteiger partial charge in [-0.3, -0.25) is 29.8 Å². The average Bonchev–Trinajstić information content (AvgIpc) is 3.29. The molecule has 1 atom stereocenters. The van der Waals surface area contributed by atoms with Gasteiger partial charge in [0.1, 0.15) is 0 Å². The van der Waals surface area contributed by atoms with E-state index in [9.17, 15) is 29.8 Å². The van der Waals surface area contributed by atoms with Crippen molar-refractivity contribution in [3.8, 4) is 0 Å². The standard InChI is InChI=1S/C24H27N7O6S/c1-5-29-22(21(14(2)3)26-23(33)16-7-6-8-17(11-16)30(34)35)27-28-24(29)38-13-20(32)25-19-12-18(31(36)37)10-9-15(19)4/h6-12,14,21H,5,13H2,1-4H3,(H,25,32)(H,26,33)/t21-/m0/s1. The second-order valence-electron chi connectivity index (χ2n) is 8.68. The Morgan fingerprint density at radius 2 is 1.74 bits per heavy atom. The third-order valence-electron chi connectivity index (χ3n) is 5.65. The third-order valence-corrected chi connectivity index (χ3v) is 6.62. The van der Waals surface area contributed by atoms with Crippen LogP contribution < -0.4 is 10.6 Å². The summed E-state index contributed by atoms with van der Waals surface area (Å²) in [6.07, 6.45) is 0. The average molecular weight is 542 g/mol. The summed E-state index contributed by atoms with van der Waals surface area (Å²) >= 11 is 1.14. The maximum Gasteiger partial charge on any atom is 0.271 e. The number of nitrogens with zero attached hydrogens (tertiary/aromatic N) is 5. The minimum Gasteiger partial charge on any atom is -0.342 e. The largest absolute Gasteiger partial charge is 0.342 e. The van der Waals surface area contributed by atoms with Gasteiger partial charge in [-0.2, -0.15) is 0 Å². The van der Waals surface area contributed by atoms with Gasteiger partial charge in [-0.15, -0.1) is 10.2 Å². The number of nitro groups is 2. The van der Waals surface area contributed by atoms with Crippen LogP contribution in [-0.2, 0) is 11.3 Å². The zero-order chi connectivity index (χ0) is 28.0. The molecule has 1 aromatic heterocycles. The molecule has 0 aliphatic heterocycles. The maximum atomic E-state index is 12.9. The molecule has 14 heteroatoms. The summed E-state index contributed by atoms with van der Waals surface area (Å²) in [6.45, 7) is 7.87. The fraction of sp³-hybridized carbons (Fsp3) is 0.333. The fourth-order valence-electron chi connectivity index (χ4n) is 3.62. The van der Waals surface area contributed by atoms with E-state index >= 15 is 0 Å². The molecule has 0 saturated heterocycles. The van der Waals surface area contributed by atoms with Crippen LogP contribution in [0.3, 0.4) is 0 Å². The summed E-state index contributed by atoms with van der Waals surface area (Å²) in [5.41, 5.74) is 0.877. The highest BCUT2D eigenvalue weighted by Crippen LogP contribution is 2.27. The second kappa shape index (κ2) is 12.3. The van der Waals surface area contributed by atoms with Crippen molar-refractivity contribution in [1.29, 1.82) is 0 Å². The predicted molar refractivity (Wildman–Crippen MR) is 141 cm³/mol. The van der Waals surface area contributed by atoms with Crippen LogP contribution in [0.4, 0.5) is 17.1 Å². The molecule has 0 bridgehead atoms. The first kappa shape index (κ1) is 28.2. The Morgan fingerprint density at radius 3 is 2.37 bits per heavy atom. The molecule has 0 radical (unpaired) electrons. The lowest BCUT2D eigenvalue weighted by molar-refractivity contribution is -0.385. The molecule has 0 unspecified atom stereocenters. The van der Waals surface area contributed by atoms with Gasteiger partial charge < -0.3 is 15.2 Å². The number of carbonyl (C=O) groups is 2. The van der Waals surface area contributed by atoms with Gasteiger partial charge in [-0.25, -0.2) is 0 Å². The van der Waals surface area contributed by atoms with Crippen molar-refractivity contribution in [2.45, 2.75) is 45.4 Å². The summed E-state index contributed by atoms with van der Waals surface area (Å²) in [5.74, 6) is -0.486. The lowest BCUT2D eigenvalue weighted by atomic mass is 10.0. The Hall–Kier alpha value is -4.33. The van der Waals surface area contributed by atoms with E-state index in [1.54, 1.807) is 17.6 Å². The fourth-order valence-corrected chi connectivity index (χ4v) is 4.43. The number of carbonyl (C=O) groups excluding carboxylic acids is 2. The molecule has 200 valence electrons. The Labute approximate surface area is 222 Å². The molecule has 0 saturated carbocycles. The lowest BCUT2D eigenvalue weighted by Gasteiger charge is -2.22. The van der Waals surface area contributed by atoms with E-state index in [0.717, 1.165) is 11.8 Å². The highest BCUT2D eigenvalue weighted by atomic mass is 32.2. The van der Waals surface area contributed by atoms with Gasteiger partial charge in [0.25, 0.3) is 17.3 Å². The number of non-ortho nitro benzene ring substituents is 2. The number of nitrogens with one attached hydrogen (secondary N) is 2. The van der Waals surface area contributed by atoms with E-state index in [1.165, 1.54) is 36.4 Å². The zero-order valence-electron chi connectivity index (χ0n) is 21.2. The number of aryl methyl sites for hydroxylation is 1. The molecule has 0 fully saturated rings. The van der Waals surface area contributed by atoms with Gasteiger partial charge in [-0.05, 0) is 31.4 Å². The van der Waals surface area contributed by atoms with Gasteiger partial charge in [-0.1, -0.05) is 37.7 Å². The number of anilines is 1. The number of amides is 2. The highest BCUT2D eigenvalue weighted by molar-refractivity contribution is 7.99. The lowest BCUT2D eigenvalue weighted by Crippen LogP contribution is -2.33. The van der Waals surface area contributed by atoms with Crippen molar-refractivity contribution in [3.63, 3.8) is 0 Å². The van der Waals surface area contributed by atoms with E-state index in [-0.39, 0.29) is 34.5 Å². The molecule has 38 heavy (non-hydrogen) atoms. The molecular weight excluding hydrogens is 514 g/mol. The van der Waals surface area contributed by atoms with Gasteiger partial charge in [0, 0.05) is 36.4 Å². The first-order chi connectivity index (χ1) is 18.0. The highest BCUT2D eigenvalue weighted by Gasteiger charge is 2.27. The number of hydrogen-bond donors (Lipinski definition) is 2. The summed E-state index contributed by atoms with van der Waals surface area (Å²) < 4.78 is 1.79. The maximum absolute atomic E-state index is 12.9. The molecular formula is C24H27N7O6S. The predicted octanol–water partition coefficient (Wildman–Crippen LogP) is 4.28. The van der Waals surface area contributed by atoms with Crippen LogP contribution in [0.15, 0.2) is 47.6 Å². The van der Waals surface area contributed by atoms with Crippen LogP contribution in [0.5, 0.6) is 0 Å². The van der Waals surface area contributed by atoms with Crippen molar-refractivity contribution in [3.05, 3.63) is 79.6 Å². The molecule has 1 heterocycles. The number of nitro benzene ring substituents is 2. The monoisotopic (exact) mass is 541 g/mol. The zero-order valence-corrected chi connectivity index (χ0v) is 22.0. The van der Waals surface area contributed by atoms with E-state index in [4.69, 9.17) is 0 Å². The van der Waals surface area contributed by atoms with Gasteiger partial charge in [0.05, 0.1) is 27.3 Å². The van der Waals surface area contributed by atoms with Crippen molar-refractivity contribution < 1.29 is 19.4 Å². The molecule has 0 aliphatic rings. The van der Waals surface area contributed by atoms with Crippen LogP contribution in [0.2, 0.25) is 0 Å². The summed E-state index contributed by atoms with van der Waals surface area (Å²) in [7, 11) is 0. The molecule has 2 amide bonds. The van der Waals surface area contributed by atoms with Crippen LogP contribution >= 0.6 is 11.8 Å². The quantitative estimate of drug-likeness (QED) is 0.204. The topological polar surface area (TPSA) is 175 Å². The van der Waals surface area contributed by atoms with Crippen LogP contribution in [0, 0.1) is 33.1 Å². The van der Waals surface area contributed by atoms with Gasteiger partial charge in [0.15, 0.2) is 11.0 Å². The molecule has 0 spiro atoms. The first-order valence-electron chi connectivity index (χ1n) is 11.7. The minimum atomic E-state index is -0.565. The number of aromatic nitrogens is 3. The van der Waals surface area contributed by atoms with Crippen LogP contribution in [0.1, 0.15) is 48.6 Å². The van der Waals surface area contributed by atoms with Crippen molar-refractivity contribution >= 4 is 40.6 Å². The van der Waals surface area contributed by atoms with E-state index < -0.39 is 21.8 Å². The minimum absolute atomic E-state index is 0.0212. The Morgan fingerprint density at radius 1 is 1.05 bits per heavy atom. The Bertz CT molecular complexity index is 1370. The second-order valence-corrected chi connectivity index (χ2v) is 9.62. The number of benzene rings is 2. The number of rotatable bonds is 11. The van der Waals surface area contributed by atoms with Crippen molar-refractivity contribution in [2.75, 3.05) is 11.1 Å². The SMILES string of the molecule is CCn1c(SCC(=O)Nc2cc([N+](=O)[O-])ccc2C)nnc1[C@@H](NC(=O)c1cccc([N+](=O)[O-])c1)C(C)C. The van der Waals surface area contributed by atoms with Gasteiger partial charge in [0.2, 0.25) is 5.91 Å². The molecule has 3 aromatic rings. The van der Waals surface area contributed by atoms with Crippen molar-refractivity contribution in [1.82, 2.24) is 20.1 Å². The number of hydrogen-bond acceptors (Lipinski definition) is 9. The normalized spacial score (nSPS) is 11.7. The summed E-state index contributed by atoms with van der Waals surface area (Å²) in [5, 5.41) is 36.6. The van der Waals surface area contributed by atoms with E-state index in [0.29, 0.717) is 28.8 Å². The van der Waals surface area contributed by atoms with Crippen molar-refractivity contribution in [2.24, 2.45) is 5.92 Å². The Balaban J connectivity index is 1.74. The molecule has 2 aromatic carbocycles.